The van der Waals surface area contributed by atoms with Crippen LogP contribution in [0.25, 0.3) is 11.1 Å². The van der Waals surface area contributed by atoms with Crippen molar-refractivity contribution in [3.63, 3.8) is 0 Å². The van der Waals surface area contributed by atoms with Crippen LogP contribution < -0.4 is 15.1 Å². The quantitative estimate of drug-likeness (QED) is 0.885. The number of hydrogen-bond acceptors (Lipinski definition) is 4. The molecule has 5 nitrogen and oxygen atoms in total. The number of nitrogens with zero attached hydrogens (tertiary/aromatic N) is 3. The Morgan fingerprint density at radius 3 is 2.93 bits per heavy atom. The summed E-state index contributed by atoms with van der Waals surface area (Å²) in [7, 11) is 1.86. The second-order valence-corrected chi connectivity index (χ2v) is 7.53. The normalized spacial score (nSPS) is 19.5. The zero-order valence-corrected chi connectivity index (χ0v) is 16.2. The molecular weight excluding hydrogens is 336 g/mol. The highest BCUT2D eigenvalue weighted by Gasteiger charge is 2.25. The molecule has 0 radical (unpaired) electrons. The van der Waals surface area contributed by atoms with Crippen LogP contribution in [0.4, 0.5) is 11.4 Å². The molecule has 1 atom stereocenters. The van der Waals surface area contributed by atoms with Crippen LogP contribution >= 0.6 is 0 Å². The molecule has 27 heavy (non-hydrogen) atoms. The Morgan fingerprint density at radius 1 is 1.19 bits per heavy atom. The number of anilines is 2. The van der Waals surface area contributed by atoms with Gasteiger partial charge in [-0.05, 0) is 55.1 Å². The van der Waals surface area contributed by atoms with Crippen LogP contribution in [0.5, 0.6) is 0 Å². The van der Waals surface area contributed by atoms with Gasteiger partial charge in [-0.25, -0.2) is 0 Å². The number of benzene rings is 1. The van der Waals surface area contributed by atoms with Gasteiger partial charge in [-0.15, -0.1) is 0 Å². The van der Waals surface area contributed by atoms with Crippen LogP contribution in [0.2, 0.25) is 0 Å². The predicted molar refractivity (Wildman–Crippen MR) is 110 cm³/mol. The van der Waals surface area contributed by atoms with Crippen molar-refractivity contribution in [1.29, 1.82) is 0 Å². The van der Waals surface area contributed by atoms with Crippen molar-refractivity contribution in [2.75, 3.05) is 36.5 Å². The van der Waals surface area contributed by atoms with Crippen molar-refractivity contribution in [2.24, 2.45) is 0 Å². The van der Waals surface area contributed by atoms with Gasteiger partial charge in [-0.3, -0.25) is 9.78 Å². The van der Waals surface area contributed by atoms with Gasteiger partial charge in [0, 0.05) is 50.0 Å². The molecule has 1 aromatic heterocycles. The Labute approximate surface area is 161 Å². The van der Waals surface area contributed by atoms with Crippen molar-refractivity contribution >= 4 is 17.3 Å². The fourth-order valence-electron chi connectivity index (χ4n) is 4.28. The van der Waals surface area contributed by atoms with Gasteiger partial charge in [0.25, 0.3) is 0 Å². The number of carbonyl (C=O) groups is 1. The molecule has 1 N–H and O–H groups in total. The summed E-state index contributed by atoms with van der Waals surface area (Å²) < 4.78 is 0. The second-order valence-electron chi connectivity index (χ2n) is 7.53. The van der Waals surface area contributed by atoms with E-state index in [9.17, 15) is 4.79 Å². The lowest BCUT2D eigenvalue weighted by Crippen LogP contribution is -2.38. The van der Waals surface area contributed by atoms with Gasteiger partial charge in [0.15, 0.2) is 0 Å². The highest BCUT2D eigenvalue weighted by molar-refractivity contribution is 5.96. The maximum atomic E-state index is 11.9. The largest absolute Gasteiger partial charge is 0.366 e. The Kier molecular flexibility index (Phi) is 5.12. The smallest absolute Gasteiger partial charge is 0.227 e. The number of carbonyl (C=O) groups excluding carboxylic acids is 1. The number of likely N-dealkylation sites (N-methyl/N-ethyl adjacent to an activating group) is 1. The zero-order chi connectivity index (χ0) is 18.8. The molecule has 5 heteroatoms. The Bertz CT molecular complexity index is 835. The van der Waals surface area contributed by atoms with E-state index in [1.54, 1.807) is 4.90 Å². The SMILES string of the molecule is CCNCC1CCCN1c1cncc(-c2ccc3c(c2)CCC(=O)N3C)c1. The van der Waals surface area contributed by atoms with E-state index in [1.807, 2.05) is 19.4 Å². The summed E-state index contributed by atoms with van der Waals surface area (Å²) in [5.41, 5.74) is 5.80. The first kappa shape index (κ1) is 18.0. The summed E-state index contributed by atoms with van der Waals surface area (Å²) >= 11 is 0. The highest BCUT2D eigenvalue weighted by atomic mass is 16.2. The summed E-state index contributed by atoms with van der Waals surface area (Å²) in [5.74, 6) is 0.194. The van der Waals surface area contributed by atoms with Gasteiger partial charge in [-0.1, -0.05) is 13.0 Å². The van der Waals surface area contributed by atoms with Crippen LogP contribution in [0.1, 0.15) is 31.7 Å². The summed E-state index contributed by atoms with van der Waals surface area (Å²) in [5, 5.41) is 3.48. The van der Waals surface area contributed by atoms with Gasteiger partial charge in [-0.2, -0.15) is 0 Å². The van der Waals surface area contributed by atoms with Crippen molar-refractivity contribution in [3.05, 3.63) is 42.2 Å². The van der Waals surface area contributed by atoms with Crippen LogP contribution in [-0.4, -0.2) is 43.6 Å². The standard InChI is InChI=1S/C22H28N4O/c1-3-23-14-19-5-4-10-26(19)20-12-18(13-24-15-20)16-6-8-21-17(11-16)7-9-22(27)25(21)2/h6,8,11-13,15,19,23H,3-5,7,9-10,14H2,1-2H3. The Hall–Kier alpha value is -2.40. The van der Waals surface area contributed by atoms with E-state index in [0.29, 0.717) is 12.5 Å². The molecule has 0 aliphatic carbocycles. The molecule has 2 aliphatic rings. The molecule has 4 rings (SSSR count). The molecule has 2 aliphatic heterocycles. The number of hydrogen-bond donors (Lipinski definition) is 1. The third-order valence-corrected chi connectivity index (χ3v) is 5.82. The average Bonchev–Trinajstić information content (AvgIpc) is 3.17. The third kappa shape index (κ3) is 3.56. The minimum atomic E-state index is 0.194. The lowest BCUT2D eigenvalue weighted by Gasteiger charge is -2.27. The van der Waals surface area contributed by atoms with Gasteiger partial charge in [0.1, 0.15) is 0 Å². The number of nitrogens with one attached hydrogen (secondary N) is 1. The van der Waals surface area contributed by atoms with Crippen LogP contribution in [0.15, 0.2) is 36.7 Å². The molecule has 1 amide bonds. The first-order chi connectivity index (χ1) is 13.2. The van der Waals surface area contributed by atoms with Crippen LogP contribution in [0.3, 0.4) is 0 Å². The van der Waals surface area contributed by atoms with E-state index in [1.165, 1.54) is 29.7 Å². The molecule has 1 aromatic carbocycles. The molecule has 2 aromatic rings. The van der Waals surface area contributed by atoms with Gasteiger partial charge >= 0.3 is 0 Å². The fraction of sp³-hybridized carbons (Fsp3) is 0.455. The number of rotatable bonds is 5. The summed E-state index contributed by atoms with van der Waals surface area (Å²) in [4.78, 5) is 20.7. The van der Waals surface area contributed by atoms with E-state index >= 15 is 0 Å². The summed E-state index contributed by atoms with van der Waals surface area (Å²) in [6.07, 6.45) is 7.80. The summed E-state index contributed by atoms with van der Waals surface area (Å²) in [6.45, 7) is 5.29. The van der Waals surface area contributed by atoms with Crippen molar-refractivity contribution < 1.29 is 4.79 Å². The first-order valence-electron chi connectivity index (χ1n) is 9.99. The number of aryl methyl sites for hydroxylation is 1. The Morgan fingerprint density at radius 2 is 2.07 bits per heavy atom. The van der Waals surface area contributed by atoms with E-state index < -0.39 is 0 Å². The van der Waals surface area contributed by atoms with Crippen LogP contribution in [0, 0.1) is 0 Å². The van der Waals surface area contributed by atoms with Crippen LogP contribution in [-0.2, 0) is 11.2 Å². The number of amides is 1. The Balaban J connectivity index is 1.60. The van der Waals surface area contributed by atoms with E-state index in [-0.39, 0.29) is 5.91 Å². The summed E-state index contributed by atoms with van der Waals surface area (Å²) in [6, 6.07) is 9.20. The minimum absolute atomic E-state index is 0.194. The topological polar surface area (TPSA) is 48.5 Å². The molecule has 1 unspecified atom stereocenters. The number of aromatic nitrogens is 1. The van der Waals surface area contributed by atoms with Crippen molar-refractivity contribution in [3.8, 4) is 11.1 Å². The molecule has 142 valence electrons. The van der Waals surface area contributed by atoms with E-state index in [0.717, 1.165) is 37.3 Å². The molecule has 3 heterocycles. The average molecular weight is 364 g/mol. The number of pyridine rings is 1. The lowest BCUT2D eigenvalue weighted by molar-refractivity contribution is -0.118. The van der Waals surface area contributed by atoms with Gasteiger partial charge in [0.2, 0.25) is 5.91 Å². The molecule has 1 saturated heterocycles. The second kappa shape index (κ2) is 7.69. The van der Waals surface area contributed by atoms with Gasteiger partial charge < -0.3 is 15.1 Å². The molecule has 0 saturated carbocycles. The molecule has 0 spiro atoms. The minimum Gasteiger partial charge on any atom is -0.366 e. The van der Waals surface area contributed by atoms with E-state index in [2.05, 4.69) is 46.4 Å². The van der Waals surface area contributed by atoms with Crippen molar-refractivity contribution in [1.82, 2.24) is 10.3 Å². The zero-order valence-electron chi connectivity index (χ0n) is 16.2. The molecular formula is C22H28N4O. The van der Waals surface area contributed by atoms with Crippen molar-refractivity contribution in [2.45, 2.75) is 38.6 Å². The maximum Gasteiger partial charge on any atom is 0.227 e. The molecule has 1 fully saturated rings. The number of fused-ring (bicyclic) bond motifs is 1. The van der Waals surface area contributed by atoms with E-state index in [4.69, 9.17) is 0 Å². The third-order valence-electron chi connectivity index (χ3n) is 5.82. The monoisotopic (exact) mass is 364 g/mol. The predicted octanol–water partition coefficient (Wildman–Crippen LogP) is 3.24. The first-order valence-corrected chi connectivity index (χ1v) is 9.99. The highest BCUT2D eigenvalue weighted by Crippen LogP contribution is 2.33. The molecule has 0 bridgehead atoms. The lowest BCUT2D eigenvalue weighted by atomic mass is 9.96. The van der Waals surface area contributed by atoms with Gasteiger partial charge in [0.05, 0.1) is 11.9 Å². The fourth-order valence-corrected chi connectivity index (χ4v) is 4.28. The maximum absolute atomic E-state index is 11.9.